The van der Waals surface area contributed by atoms with Gasteiger partial charge in [-0.05, 0) is 31.7 Å². The summed E-state index contributed by atoms with van der Waals surface area (Å²) < 4.78 is 1.90. The number of carbonyl (C=O) groups excluding carboxylic acids is 1. The van der Waals surface area contributed by atoms with Gasteiger partial charge in [-0.25, -0.2) is 0 Å². The number of amides is 1. The largest absolute Gasteiger partial charge is 0.481 e. The van der Waals surface area contributed by atoms with E-state index < -0.39 is 11.9 Å². The summed E-state index contributed by atoms with van der Waals surface area (Å²) in [5, 5.41) is 16.9. The average Bonchev–Trinajstić information content (AvgIpc) is 3.19. The minimum atomic E-state index is -0.807. The Hall–Kier alpha value is -1.85. The minimum Gasteiger partial charge on any atom is -0.481 e. The van der Waals surface area contributed by atoms with Gasteiger partial charge in [0.05, 0.1) is 12.0 Å². The lowest BCUT2D eigenvalue weighted by molar-refractivity contribution is -0.143. The average molecular weight is 333 g/mol. The van der Waals surface area contributed by atoms with Gasteiger partial charge in [-0.15, -0.1) is 0 Å². The maximum atomic E-state index is 12.5. The first-order valence-electron chi connectivity index (χ1n) is 9.24. The molecule has 0 saturated heterocycles. The van der Waals surface area contributed by atoms with Gasteiger partial charge in [0.1, 0.15) is 5.69 Å². The number of rotatable bonds is 4. The fourth-order valence-electron chi connectivity index (χ4n) is 4.03. The van der Waals surface area contributed by atoms with E-state index in [0.717, 1.165) is 44.9 Å². The number of nitrogens with one attached hydrogen (secondary N) is 1. The summed E-state index contributed by atoms with van der Waals surface area (Å²) in [5.74, 6) is -1.55. The molecule has 1 heterocycles. The van der Waals surface area contributed by atoms with Crippen molar-refractivity contribution in [2.45, 2.75) is 76.3 Å². The standard InChI is InChI=1S/C18H27N3O3/c22-17(16-11-12-21(20-16)13-7-5-6-8-13)19-15-10-4-2-1-3-9-14(15)18(23)24/h11-15H,1-10H2,(H,19,22)(H,23,24). The molecule has 0 aromatic carbocycles. The maximum absolute atomic E-state index is 12.5. The zero-order valence-corrected chi connectivity index (χ0v) is 14.1. The minimum absolute atomic E-state index is 0.247. The third-order valence-corrected chi connectivity index (χ3v) is 5.44. The fraction of sp³-hybridized carbons (Fsp3) is 0.722. The van der Waals surface area contributed by atoms with Crippen molar-refractivity contribution in [3.8, 4) is 0 Å². The van der Waals surface area contributed by atoms with Gasteiger partial charge < -0.3 is 10.4 Å². The first kappa shape index (κ1) is 17.0. The van der Waals surface area contributed by atoms with Crippen LogP contribution in [0.15, 0.2) is 12.3 Å². The van der Waals surface area contributed by atoms with Crippen molar-refractivity contribution in [2.24, 2.45) is 5.92 Å². The van der Waals surface area contributed by atoms with Crippen molar-refractivity contribution in [1.82, 2.24) is 15.1 Å². The molecule has 2 atom stereocenters. The van der Waals surface area contributed by atoms with Gasteiger partial charge in [0.2, 0.25) is 0 Å². The van der Waals surface area contributed by atoms with Crippen LogP contribution < -0.4 is 5.32 Å². The fourth-order valence-corrected chi connectivity index (χ4v) is 4.03. The van der Waals surface area contributed by atoms with Gasteiger partial charge in [-0.2, -0.15) is 5.10 Å². The highest BCUT2D eigenvalue weighted by molar-refractivity contribution is 5.92. The van der Waals surface area contributed by atoms with E-state index in [1.807, 2.05) is 10.9 Å². The molecule has 1 amide bonds. The quantitative estimate of drug-likeness (QED) is 0.886. The normalized spacial score (nSPS) is 25.8. The number of hydrogen-bond donors (Lipinski definition) is 2. The van der Waals surface area contributed by atoms with E-state index in [1.54, 1.807) is 6.07 Å². The number of aromatic nitrogens is 2. The van der Waals surface area contributed by atoms with E-state index in [1.165, 1.54) is 12.8 Å². The summed E-state index contributed by atoms with van der Waals surface area (Å²) in [6, 6.07) is 1.85. The molecule has 6 heteroatoms. The number of aliphatic carboxylic acids is 1. The third kappa shape index (κ3) is 3.97. The van der Waals surface area contributed by atoms with Crippen LogP contribution in [0.2, 0.25) is 0 Å². The van der Waals surface area contributed by atoms with Crippen LogP contribution in [0.5, 0.6) is 0 Å². The van der Waals surface area contributed by atoms with Gasteiger partial charge in [0.15, 0.2) is 0 Å². The number of carboxylic acid groups (broad SMARTS) is 1. The van der Waals surface area contributed by atoms with E-state index in [4.69, 9.17) is 0 Å². The molecule has 0 aliphatic heterocycles. The van der Waals surface area contributed by atoms with Crippen molar-refractivity contribution in [3.05, 3.63) is 18.0 Å². The molecule has 1 aromatic heterocycles. The zero-order chi connectivity index (χ0) is 16.9. The molecule has 24 heavy (non-hydrogen) atoms. The van der Waals surface area contributed by atoms with Crippen LogP contribution in [0.4, 0.5) is 0 Å². The molecule has 2 unspecified atom stereocenters. The molecule has 132 valence electrons. The maximum Gasteiger partial charge on any atom is 0.308 e. The van der Waals surface area contributed by atoms with Gasteiger partial charge in [0.25, 0.3) is 5.91 Å². The van der Waals surface area contributed by atoms with E-state index in [2.05, 4.69) is 10.4 Å². The van der Waals surface area contributed by atoms with Crippen molar-refractivity contribution in [1.29, 1.82) is 0 Å². The van der Waals surface area contributed by atoms with Crippen LogP contribution in [0, 0.1) is 5.92 Å². The first-order chi connectivity index (χ1) is 11.6. The Labute approximate surface area is 142 Å². The Kier molecular flexibility index (Phi) is 5.53. The molecule has 0 radical (unpaired) electrons. The summed E-state index contributed by atoms with van der Waals surface area (Å²) >= 11 is 0. The Bertz CT molecular complexity index is 578. The Balaban J connectivity index is 1.66. The predicted octanol–water partition coefficient (Wildman–Crippen LogP) is 3.15. The number of carbonyl (C=O) groups is 2. The molecule has 0 bridgehead atoms. The molecule has 3 rings (SSSR count). The van der Waals surface area contributed by atoms with Gasteiger partial charge in [-0.1, -0.05) is 38.5 Å². The highest BCUT2D eigenvalue weighted by atomic mass is 16.4. The summed E-state index contributed by atoms with van der Waals surface area (Å²) in [5.41, 5.74) is 0.396. The molecular formula is C18H27N3O3. The lowest BCUT2D eigenvalue weighted by Crippen LogP contribution is -2.44. The van der Waals surface area contributed by atoms with Crippen LogP contribution in [-0.4, -0.2) is 32.8 Å². The summed E-state index contributed by atoms with van der Waals surface area (Å²) in [6.07, 6.45) is 12.0. The van der Waals surface area contributed by atoms with Crippen molar-refractivity contribution in [2.75, 3.05) is 0 Å². The smallest absolute Gasteiger partial charge is 0.308 e. The van der Waals surface area contributed by atoms with Crippen LogP contribution in [0.3, 0.4) is 0 Å². The lowest BCUT2D eigenvalue weighted by atomic mass is 9.86. The van der Waals surface area contributed by atoms with Gasteiger partial charge >= 0.3 is 5.97 Å². The van der Waals surface area contributed by atoms with Crippen LogP contribution in [0.1, 0.15) is 80.7 Å². The van der Waals surface area contributed by atoms with Crippen LogP contribution in [0.25, 0.3) is 0 Å². The topological polar surface area (TPSA) is 84.2 Å². The molecule has 2 N–H and O–H groups in total. The lowest BCUT2D eigenvalue weighted by Gasteiger charge is -2.27. The second-order valence-corrected chi connectivity index (χ2v) is 7.14. The van der Waals surface area contributed by atoms with Crippen molar-refractivity contribution >= 4 is 11.9 Å². The van der Waals surface area contributed by atoms with E-state index >= 15 is 0 Å². The predicted molar refractivity (Wildman–Crippen MR) is 89.8 cm³/mol. The molecule has 0 spiro atoms. The summed E-state index contributed by atoms with van der Waals surface area (Å²) in [7, 11) is 0. The van der Waals surface area contributed by atoms with Gasteiger partial charge in [-0.3, -0.25) is 14.3 Å². The molecule has 2 fully saturated rings. The molecule has 6 nitrogen and oxygen atoms in total. The number of hydrogen-bond acceptors (Lipinski definition) is 3. The monoisotopic (exact) mass is 333 g/mol. The van der Waals surface area contributed by atoms with E-state index in [0.29, 0.717) is 18.2 Å². The SMILES string of the molecule is O=C(NC1CCCCCCC1C(=O)O)c1ccn(C2CCCC2)n1. The molecular weight excluding hydrogens is 306 g/mol. The number of nitrogens with zero attached hydrogens (tertiary/aromatic N) is 2. The van der Waals surface area contributed by atoms with Crippen molar-refractivity contribution < 1.29 is 14.7 Å². The second kappa shape index (κ2) is 7.81. The summed E-state index contributed by atoms with van der Waals surface area (Å²) in [4.78, 5) is 24.1. The third-order valence-electron chi connectivity index (χ3n) is 5.44. The highest BCUT2D eigenvalue weighted by Gasteiger charge is 2.30. The van der Waals surface area contributed by atoms with Crippen molar-refractivity contribution in [3.63, 3.8) is 0 Å². The number of carboxylic acids is 1. The molecule has 2 aliphatic carbocycles. The molecule has 2 saturated carbocycles. The molecule has 1 aromatic rings. The molecule has 2 aliphatic rings. The Morgan fingerprint density at radius 3 is 2.42 bits per heavy atom. The first-order valence-corrected chi connectivity index (χ1v) is 9.24. The Morgan fingerprint density at radius 2 is 1.71 bits per heavy atom. The van der Waals surface area contributed by atoms with E-state index in [-0.39, 0.29) is 11.9 Å². The van der Waals surface area contributed by atoms with Gasteiger partial charge in [0, 0.05) is 12.2 Å². The zero-order valence-electron chi connectivity index (χ0n) is 14.1. The summed E-state index contributed by atoms with van der Waals surface area (Å²) in [6.45, 7) is 0. The Morgan fingerprint density at radius 1 is 1.04 bits per heavy atom. The van der Waals surface area contributed by atoms with E-state index in [9.17, 15) is 14.7 Å². The second-order valence-electron chi connectivity index (χ2n) is 7.14. The van der Waals surface area contributed by atoms with Crippen LogP contribution in [-0.2, 0) is 4.79 Å². The van der Waals surface area contributed by atoms with Crippen LogP contribution >= 0.6 is 0 Å². The highest BCUT2D eigenvalue weighted by Crippen LogP contribution is 2.29.